The van der Waals surface area contributed by atoms with Gasteiger partial charge in [0.25, 0.3) is 0 Å². The summed E-state index contributed by atoms with van der Waals surface area (Å²) < 4.78 is 54.9. The number of carboxylic acids is 1. The molecule has 4 aromatic rings. The summed E-state index contributed by atoms with van der Waals surface area (Å²) in [6.45, 7) is 0.0304. The molecule has 3 aromatic carbocycles. The van der Waals surface area contributed by atoms with Crippen molar-refractivity contribution in [3.63, 3.8) is 0 Å². The fraction of sp³-hybridized carbons (Fsp3) is 0.267. The van der Waals surface area contributed by atoms with Gasteiger partial charge >= 0.3 is 12.3 Å². The Labute approximate surface area is 232 Å². The summed E-state index contributed by atoms with van der Waals surface area (Å²) in [5.41, 5.74) is 3.28. The van der Waals surface area contributed by atoms with Gasteiger partial charge in [0.1, 0.15) is 29.6 Å². The third-order valence-electron chi connectivity index (χ3n) is 7.27. The van der Waals surface area contributed by atoms with E-state index >= 15 is 0 Å². The van der Waals surface area contributed by atoms with Crippen LogP contribution in [-0.2, 0) is 6.61 Å². The molecule has 1 aromatic heterocycles. The van der Waals surface area contributed by atoms with Crippen LogP contribution in [0.1, 0.15) is 69.8 Å². The van der Waals surface area contributed by atoms with Gasteiger partial charge in [0.05, 0.1) is 11.1 Å². The number of carbonyl (C=O) groups is 1. The van der Waals surface area contributed by atoms with Gasteiger partial charge in [-0.3, -0.25) is 0 Å². The van der Waals surface area contributed by atoms with E-state index in [9.17, 15) is 18.0 Å². The van der Waals surface area contributed by atoms with Gasteiger partial charge in [0.15, 0.2) is 0 Å². The molecule has 40 heavy (non-hydrogen) atoms. The maximum Gasteiger partial charge on any atom is 0.573 e. The van der Waals surface area contributed by atoms with Crippen LogP contribution in [0.25, 0.3) is 11.3 Å². The molecule has 2 unspecified atom stereocenters. The summed E-state index contributed by atoms with van der Waals surface area (Å²) in [6, 6.07) is 18.2. The zero-order valence-corrected chi connectivity index (χ0v) is 21.7. The van der Waals surface area contributed by atoms with Crippen LogP contribution in [0.2, 0.25) is 5.02 Å². The number of hydrogen-bond donors (Lipinski definition) is 1. The number of ether oxygens (including phenoxy) is 2. The zero-order chi connectivity index (χ0) is 28.0. The van der Waals surface area contributed by atoms with Crippen LogP contribution < -0.4 is 9.47 Å². The van der Waals surface area contributed by atoms with Crippen molar-refractivity contribution in [2.75, 3.05) is 0 Å². The van der Waals surface area contributed by atoms with Gasteiger partial charge in [0, 0.05) is 16.5 Å². The summed E-state index contributed by atoms with van der Waals surface area (Å²) in [6.07, 6.45) is -2.13. The molecule has 6 nitrogen and oxygen atoms in total. The predicted molar refractivity (Wildman–Crippen MR) is 140 cm³/mol. The highest BCUT2D eigenvalue weighted by Gasteiger charge is 2.41. The first-order valence-corrected chi connectivity index (χ1v) is 13.1. The standard InChI is InChI=1S/C30H23ClF3NO5/c31-25-13-19(11-12-20(25)23-14-22(23)16-5-9-18(10-6-16)29(36)37)38-15-24-27(35-40-28(24)17-7-8-17)21-3-1-2-4-26(21)39-30(32,33)34/h1-6,9-13,17,22-23H,7-8,14-15H2,(H,36,37). The van der Waals surface area contributed by atoms with Gasteiger partial charge in [-0.05, 0) is 78.6 Å². The molecule has 0 aliphatic heterocycles. The second-order valence-electron chi connectivity index (χ2n) is 10.0. The van der Waals surface area contributed by atoms with Crippen LogP contribution in [-0.4, -0.2) is 22.6 Å². The Morgan fingerprint density at radius 2 is 1.80 bits per heavy atom. The largest absolute Gasteiger partial charge is 0.573 e. The van der Waals surface area contributed by atoms with Gasteiger partial charge in [-0.2, -0.15) is 0 Å². The Bertz CT molecular complexity index is 1560. The third-order valence-corrected chi connectivity index (χ3v) is 7.59. The molecule has 6 rings (SSSR count). The van der Waals surface area contributed by atoms with Crippen LogP contribution in [0.15, 0.2) is 71.3 Å². The molecule has 2 aliphatic rings. The predicted octanol–water partition coefficient (Wildman–Crippen LogP) is 8.32. The van der Waals surface area contributed by atoms with Crippen molar-refractivity contribution in [1.29, 1.82) is 0 Å². The Morgan fingerprint density at radius 1 is 1.05 bits per heavy atom. The second kappa shape index (κ2) is 10.2. The quantitative estimate of drug-likeness (QED) is 0.218. The zero-order valence-electron chi connectivity index (χ0n) is 21.0. The van der Waals surface area contributed by atoms with E-state index < -0.39 is 12.3 Å². The van der Waals surface area contributed by atoms with E-state index in [2.05, 4.69) is 9.89 Å². The van der Waals surface area contributed by atoms with Crippen LogP contribution in [0, 0.1) is 0 Å². The summed E-state index contributed by atoms with van der Waals surface area (Å²) >= 11 is 6.63. The van der Waals surface area contributed by atoms with Gasteiger partial charge in [0.2, 0.25) is 0 Å². The van der Waals surface area contributed by atoms with Crippen molar-refractivity contribution in [2.45, 2.75) is 50.0 Å². The average Bonchev–Trinajstić information content (AvgIpc) is 3.85. The molecule has 0 radical (unpaired) electrons. The summed E-state index contributed by atoms with van der Waals surface area (Å²) in [4.78, 5) is 11.1. The molecule has 2 saturated carbocycles. The molecular weight excluding hydrogens is 547 g/mol. The third kappa shape index (κ3) is 5.51. The number of para-hydroxylation sites is 1. The van der Waals surface area contributed by atoms with Crippen LogP contribution in [0.5, 0.6) is 11.5 Å². The van der Waals surface area contributed by atoms with Crippen molar-refractivity contribution in [1.82, 2.24) is 5.16 Å². The highest BCUT2D eigenvalue weighted by atomic mass is 35.5. The van der Waals surface area contributed by atoms with Crippen molar-refractivity contribution < 1.29 is 37.1 Å². The molecule has 206 valence electrons. The normalized spacial score (nSPS) is 18.4. The molecule has 2 fully saturated rings. The lowest BCUT2D eigenvalue weighted by atomic mass is 10.0. The molecule has 1 heterocycles. The molecule has 2 aliphatic carbocycles. The van der Waals surface area contributed by atoms with E-state index in [0.717, 1.165) is 30.4 Å². The van der Waals surface area contributed by atoms with Gasteiger partial charge in [-0.1, -0.05) is 47.1 Å². The topological polar surface area (TPSA) is 81.8 Å². The number of rotatable bonds is 9. The Morgan fingerprint density at radius 3 is 2.48 bits per heavy atom. The van der Waals surface area contributed by atoms with Crippen molar-refractivity contribution in [2.24, 2.45) is 0 Å². The maximum absolute atomic E-state index is 13.0. The van der Waals surface area contributed by atoms with Crippen LogP contribution in [0.3, 0.4) is 0 Å². The number of hydrogen-bond acceptors (Lipinski definition) is 5. The number of aromatic carboxylic acids is 1. The Balaban J connectivity index is 1.19. The number of carboxylic acid groups (broad SMARTS) is 1. The minimum atomic E-state index is -4.85. The first kappa shape index (κ1) is 26.3. The fourth-order valence-electron chi connectivity index (χ4n) is 5.05. The molecule has 0 saturated heterocycles. The van der Waals surface area contributed by atoms with Crippen LogP contribution in [0.4, 0.5) is 13.2 Å². The first-order valence-electron chi connectivity index (χ1n) is 12.8. The van der Waals surface area contributed by atoms with Crippen molar-refractivity contribution in [3.8, 4) is 22.8 Å². The number of halogens is 4. The van der Waals surface area contributed by atoms with Crippen molar-refractivity contribution >= 4 is 17.6 Å². The lowest BCUT2D eigenvalue weighted by molar-refractivity contribution is -0.274. The number of aromatic nitrogens is 1. The highest BCUT2D eigenvalue weighted by Crippen LogP contribution is 2.56. The van der Waals surface area contributed by atoms with E-state index in [1.807, 2.05) is 24.3 Å². The smallest absolute Gasteiger partial charge is 0.489 e. The minimum absolute atomic E-state index is 0.0304. The summed E-state index contributed by atoms with van der Waals surface area (Å²) in [7, 11) is 0. The van der Waals surface area contributed by atoms with E-state index in [1.165, 1.54) is 18.2 Å². The van der Waals surface area contributed by atoms with E-state index in [0.29, 0.717) is 22.1 Å². The van der Waals surface area contributed by atoms with Gasteiger partial charge < -0.3 is 19.1 Å². The van der Waals surface area contributed by atoms with E-state index in [1.54, 1.807) is 24.3 Å². The Kier molecular flexibility index (Phi) is 6.70. The first-order chi connectivity index (χ1) is 19.2. The lowest BCUT2D eigenvalue weighted by Gasteiger charge is -2.13. The molecule has 1 N–H and O–H groups in total. The average molecular weight is 570 g/mol. The molecular formula is C30H23ClF3NO5. The summed E-state index contributed by atoms with van der Waals surface area (Å²) in [5, 5.41) is 13.8. The van der Waals surface area contributed by atoms with Gasteiger partial charge in [-0.15, -0.1) is 13.2 Å². The van der Waals surface area contributed by atoms with Gasteiger partial charge in [-0.25, -0.2) is 4.79 Å². The SMILES string of the molecule is O=C(O)c1ccc(C2CC2c2ccc(OCc3c(-c4ccccc4OC(F)(F)F)noc3C3CC3)cc2Cl)cc1. The number of nitrogens with zero attached hydrogens (tertiary/aromatic N) is 1. The molecule has 0 amide bonds. The molecule has 0 spiro atoms. The minimum Gasteiger partial charge on any atom is -0.489 e. The second-order valence-corrected chi connectivity index (χ2v) is 10.4. The maximum atomic E-state index is 13.0. The van der Waals surface area contributed by atoms with E-state index in [4.69, 9.17) is 26.0 Å². The molecule has 2 atom stereocenters. The molecule has 10 heteroatoms. The Hall–Kier alpha value is -3.98. The fourth-order valence-corrected chi connectivity index (χ4v) is 5.36. The number of benzene rings is 3. The van der Waals surface area contributed by atoms with E-state index in [-0.39, 0.29) is 46.9 Å². The molecule has 0 bridgehead atoms. The van der Waals surface area contributed by atoms with Crippen LogP contribution >= 0.6 is 11.6 Å². The lowest BCUT2D eigenvalue weighted by Crippen LogP contribution is -2.17. The van der Waals surface area contributed by atoms with Crippen molar-refractivity contribution in [3.05, 3.63) is 99.8 Å². The summed E-state index contributed by atoms with van der Waals surface area (Å²) in [5.74, 6) is 0.410. The number of alkyl halides is 3. The monoisotopic (exact) mass is 569 g/mol. The highest BCUT2D eigenvalue weighted by molar-refractivity contribution is 6.31.